The largest absolute Gasteiger partial charge is 0.469 e. The van der Waals surface area contributed by atoms with Gasteiger partial charge in [-0.05, 0) is 5.57 Å². The van der Waals surface area contributed by atoms with Crippen LogP contribution in [0, 0.1) is 5.92 Å². The summed E-state index contributed by atoms with van der Waals surface area (Å²) in [5.41, 5.74) is 0.187. The smallest absolute Gasteiger partial charge is 0.392 e. The van der Waals surface area contributed by atoms with E-state index in [-0.39, 0.29) is 18.8 Å². The third kappa shape index (κ3) is 5.49. The molecule has 0 saturated carbocycles. The van der Waals surface area contributed by atoms with E-state index >= 15 is 0 Å². The third-order valence-corrected chi connectivity index (χ3v) is 2.15. The molecule has 0 bridgehead atoms. The van der Waals surface area contributed by atoms with Crippen molar-refractivity contribution in [2.24, 2.45) is 5.92 Å². The topological polar surface area (TPSA) is 107 Å². The summed E-state index contributed by atoms with van der Waals surface area (Å²) in [7, 11) is -4.50. The van der Waals surface area contributed by atoms with Gasteiger partial charge in [0.1, 0.15) is 0 Å². The molecule has 7 heteroatoms. The molecule has 14 heavy (non-hydrogen) atoms. The quantitative estimate of drug-likeness (QED) is 0.364. The second kappa shape index (κ2) is 5.60. The van der Waals surface area contributed by atoms with Crippen molar-refractivity contribution in [3.8, 4) is 0 Å². The molecule has 0 radical (unpaired) electrons. The summed E-state index contributed by atoms with van der Waals surface area (Å²) in [4.78, 5) is 16.8. The summed E-state index contributed by atoms with van der Waals surface area (Å²) in [5.74, 6) is -0.540. The zero-order valence-corrected chi connectivity index (χ0v) is 8.72. The first-order valence-electron chi connectivity index (χ1n) is 3.94. The fourth-order valence-electron chi connectivity index (χ4n) is 0.802. The van der Waals surface area contributed by atoms with Crippen molar-refractivity contribution in [3.05, 3.63) is 12.2 Å². The van der Waals surface area contributed by atoms with Crippen LogP contribution in [0.25, 0.3) is 0 Å². The van der Waals surface area contributed by atoms with Gasteiger partial charge in [0.15, 0.2) is 0 Å². The van der Waals surface area contributed by atoms with Gasteiger partial charge in [-0.2, -0.15) is 0 Å². The fourth-order valence-corrected chi connectivity index (χ4v) is 1.23. The van der Waals surface area contributed by atoms with Gasteiger partial charge in [-0.1, -0.05) is 13.5 Å². The van der Waals surface area contributed by atoms with Crippen LogP contribution in [0.15, 0.2) is 12.2 Å². The standard InChI is InChI=1S/C7H15O6P/c1-5(3-8)7(9)6(2)4-13-14(10,11)12/h6-9H,1,3-4H2,2H3,(H2,10,11,12)/t6-,7+/m1/s1. The minimum atomic E-state index is -4.50. The Hall–Kier alpha value is -0.230. The van der Waals surface area contributed by atoms with Crippen molar-refractivity contribution in [2.45, 2.75) is 13.0 Å². The zero-order valence-electron chi connectivity index (χ0n) is 7.83. The van der Waals surface area contributed by atoms with Gasteiger partial charge in [0.25, 0.3) is 0 Å². The van der Waals surface area contributed by atoms with Crippen molar-refractivity contribution < 1.29 is 29.1 Å². The molecule has 0 unspecified atom stereocenters. The van der Waals surface area contributed by atoms with Crippen molar-refractivity contribution in [1.82, 2.24) is 0 Å². The number of hydrogen-bond donors (Lipinski definition) is 4. The van der Waals surface area contributed by atoms with Gasteiger partial charge in [-0.3, -0.25) is 4.52 Å². The Bertz CT molecular complexity index is 234. The van der Waals surface area contributed by atoms with Crippen molar-refractivity contribution in [2.75, 3.05) is 13.2 Å². The van der Waals surface area contributed by atoms with Crippen LogP contribution in [0.1, 0.15) is 6.92 Å². The maximum absolute atomic E-state index is 10.3. The molecule has 0 aliphatic rings. The lowest BCUT2D eigenvalue weighted by Gasteiger charge is -2.19. The molecule has 0 rings (SSSR count). The molecule has 0 aromatic carbocycles. The lowest BCUT2D eigenvalue weighted by Crippen LogP contribution is -2.25. The molecule has 0 amide bonds. The number of phosphoric acid groups is 1. The maximum Gasteiger partial charge on any atom is 0.469 e. The molecule has 0 saturated heterocycles. The Morgan fingerprint density at radius 2 is 2.07 bits per heavy atom. The van der Waals surface area contributed by atoms with Crippen LogP contribution in [0.5, 0.6) is 0 Å². The molecular weight excluding hydrogens is 211 g/mol. The van der Waals surface area contributed by atoms with E-state index in [1.807, 2.05) is 0 Å². The zero-order chi connectivity index (χ0) is 11.4. The minimum Gasteiger partial charge on any atom is -0.392 e. The van der Waals surface area contributed by atoms with Gasteiger partial charge in [0.2, 0.25) is 0 Å². The minimum absolute atomic E-state index is 0.187. The van der Waals surface area contributed by atoms with Gasteiger partial charge >= 0.3 is 7.82 Å². The van der Waals surface area contributed by atoms with Gasteiger partial charge < -0.3 is 20.0 Å². The SMILES string of the molecule is C=C(CO)[C@H](O)[C@H](C)COP(=O)(O)O. The Morgan fingerprint density at radius 3 is 2.43 bits per heavy atom. The van der Waals surface area contributed by atoms with E-state index in [0.29, 0.717) is 0 Å². The van der Waals surface area contributed by atoms with Crippen LogP contribution in [0.4, 0.5) is 0 Å². The predicted molar refractivity (Wildman–Crippen MR) is 49.4 cm³/mol. The summed E-state index contributed by atoms with van der Waals surface area (Å²) in [6.07, 6.45) is -1.04. The summed E-state index contributed by atoms with van der Waals surface area (Å²) in [5, 5.41) is 18.0. The number of aliphatic hydroxyl groups is 2. The van der Waals surface area contributed by atoms with Crippen LogP contribution in [-0.4, -0.2) is 39.3 Å². The Balaban J connectivity index is 4.02. The summed E-state index contributed by atoms with van der Waals surface area (Å²) in [6.45, 7) is 4.24. The van der Waals surface area contributed by atoms with Crippen LogP contribution in [0.3, 0.4) is 0 Å². The van der Waals surface area contributed by atoms with E-state index in [1.165, 1.54) is 6.92 Å². The van der Waals surface area contributed by atoms with E-state index in [1.54, 1.807) is 0 Å². The average molecular weight is 226 g/mol. The molecule has 0 spiro atoms. The third-order valence-electron chi connectivity index (χ3n) is 1.67. The lowest BCUT2D eigenvalue weighted by atomic mass is 10.00. The van der Waals surface area contributed by atoms with Crippen molar-refractivity contribution in [3.63, 3.8) is 0 Å². The number of rotatable bonds is 6. The molecule has 0 aromatic rings. The highest BCUT2D eigenvalue weighted by Gasteiger charge is 2.21. The Kier molecular flexibility index (Phi) is 5.51. The molecule has 0 aliphatic carbocycles. The van der Waals surface area contributed by atoms with E-state index in [0.717, 1.165) is 0 Å². The maximum atomic E-state index is 10.3. The van der Waals surface area contributed by atoms with Gasteiger partial charge in [-0.15, -0.1) is 0 Å². The molecule has 6 nitrogen and oxygen atoms in total. The first-order chi connectivity index (χ1) is 6.28. The molecule has 84 valence electrons. The first kappa shape index (κ1) is 13.8. The van der Waals surface area contributed by atoms with Crippen LogP contribution < -0.4 is 0 Å². The molecule has 0 fully saturated rings. The van der Waals surface area contributed by atoms with E-state index in [9.17, 15) is 9.67 Å². The van der Waals surface area contributed by atoms with Gasteiger partial charge in [0.05, 0.1) is 19.3 Å². The number of phosphoric ester groups is 1. The van der Waals surface area contributed by atoms with Crippen LogP contribution in [0.2, 0.25) is 0 Å². The molecule has 0 heterocycles. The van der Waals surface area contributed by atoms with E-state index in [4.69, 9.17) is 14.9 Å². The Labute approximate surface area is 82.1 Å². The lowest BCUT2D eigenvalue weighted by molar-refractivity contribution is 0.0875. The van der Waals surface area contributed by atoms with E-state index < -0.39 is 19.8 Å². The summed E-state index contributed by atoms with van der Waals surface area (Å²) in [6, 6.07) is 0. The molecule has 0 aliphatic heterocycles. The normalized spacial score (nSPS) is 16.4. The second-order valence-corrected chi connectivity index (χ2v) is 4.26. The molecule has 0 aromatic heterocycles. The van der Waals surface area contributed by atoms with Gasteiger partial charge in [-0.25, -0.2) is 4.57 Å². The highest BCUT2D eigenvalue weighted by atomic mass is 31.2. The monoisotopic (exact) mass is 226 g/mol. The van der Waals surface area contributed by atoms with Crippen LogP contribution >= 0.6 is 7.82 Å². The fraction of sp³-hybridized carbons (Fsp3) is 0.714. The Morgan fingerprint density at radius 1 is 1.57 bits per heavy atom. The summed E-state index contributed by atoms with van der Waals surface area (Å²) < 4.78 is 14.5. The van der Waals surface area contributed by atoms with Crippen molar-refractivity contribution >= 4 is 7.82 Å². The van der Waals surface area contributed by atoms with Crippen molar-refractivity contribution in [1.29, 1.82) is 0 Å². The average Bonchev–Trinajstić information content (AvgIpc) is 2.10. The number of aliphatic hydroxyl groups excluding tert-OH is 2. The second-order valence-electron chi connectivity index (χ2n) is 3.02. The van der Waals surface area contributed by atoms with Crippen LogP contribution in [-0.2, 0) is 9.09 Å². The number of hydrogen-bond acceptors (Lipinski definition) is 4. The van der Waals surface area contributed by atoms with Gasteiger partial charge in [0, 0.05) is 5.92 Å². The first-order valence-corrected chi connectivity index (χ1v) is 5.47. The molecular formula is C7H15O6P. The molecule has 2 atom stereocenters. The summed E-state index contributed by atoms with van der Waals surface area (Å²) >= 11 is 0. The predicted octanol–water partition coefficient (Wildman–Crippen LogP) is -0.359. The highest BCUT2D eigenvalue weighted by Crippen LogP contribution is 2.36. The highest BCUT2D eigenvalue weighted by molar-refractivity contribution is 7.46. The molecule has 4 N–H and O–H groups in total. The van der Waals surface area contributed by atoms with E-state index in [2.05, 4.69) is 11.1 Å².